The standard InChI is InChI=1S/C18H13NO4/c20-16-14(17(21)19-12-7-2-1-3-8-12)10-11-6-4-5-9-13(11)15(16)18(22)23/h1-10,20H,(H,19,21)(H,22,23). The molecule has 5 heteroatoms. The van der Waals surface area contributed by atoms with Crippen molar-refractivity contribution in [3.8, 4) is 5.75 Å². The molecule has 0 heterocycles. The van der Waals surface area contributed by atoms with E-state index >= 15 is 0 Å². The van der Waals surface area contributed by atoms with Crippen LogP contribution in [0.15, 0.2) is 60.7 Å². The van der Waals surface area contributed by atoms with Crippen LogP contribution in [0.3, 0.4) is 0 Å². The third kappa shape index (κ3) is 2.72. The van der Waals surface area contributed by atoms with Crippen molar-refractivity contribution in [3.63, 3.8) is 0 Å². The van der Waals surface area contributed by atoms with E-state index in [1.54, 1.807) is 48.5 Å². The van der Waals surface area contributed by atoms with Crippen LogP contribution < -0.4 is 5.32 Å². The summed E-state index contributed by atoms with van der Waals surface area (Å²) in [5.41, 5.74) is 0.202. The van der Waals surface area contributed by atoms with E-state index in [-0.39, 0.29) is 11.1 Å². The second-order valence-corrected chi connectivity index (χ2v) is 4.99. The minimum atomic E-state index is -1.28. The molecule has 0 spiro atoms. The van der Waals surface area contributed by atoms with E-state index in [1.165, 1.54) is 6.07 Å². The van der Waals surface area contributed by atoms with Crippen molar-refractivity contribution in [1.29, 1.82) is 0 Å². The maximum absolute atomic E-state index is 12.4. The van der Waals surface area contributed by atoms with Gasteiger partial charge in [-0.2, -0.15) is 0 Å². The minimum Gasteiger partial charge on any atom is -0.506 e. The van der Waals surface area contributed by atoms with Gasteiger partial charge < -0.3 is 15.5 Å². The highest BCUT2D eigenvalue weighted by atomic mass is 16.4. The molecule has 0 atom stereocenters. The van der Waals surface area contributed by atoms with Gasteiger partial charge in [0.25, 0.3) is 5.91 Å². The second kappa shape index (κ2) is 5.81. The molecular formula is C18H13NO4. The number of carboxylic acid groups (broad SMARTS) is 1. The van der Waals surface area contributed by atoms with E-state index in [0.29, 0.717) is 16.5 Å². The zero-order valence-electron chi connectivity index (χ0n) is 12.0. The van der Waals surface area contributed by atoms with Crippen LogP contribution in [-0.4, -0.2) is 22.1 Å². The summed E-state index contributed by atoms with van der Waals surface area (Å²) in [6.07, 6.45) is 0. The minimum absolute atomic E-state index is 0.0787. The van der Waals surface area contributed by atoms with Gasteiger partial charge in [0.2, 0.25) is 0 Å². The molecule has 1 amide bonds. The Morgan fingerprint density at radius 3 is 2.26 bits per heavy atom. The van der Waals surface area contributed by atoms with E-state index in [4.69, 9.17) is 0 Å². The van der Waals surface area contributed by atoms with Gasteiger partial charge in [0.1, 0.15) is 11.3 Å². The van der Waals surface area contributed by atoms with Gasteiger partial charge in [-0.3, -0.25) is 4.79 Å². The van der Waals surface area contributed by atoms with Crippen molar-refractivity contribution in [3.05, 3.63) is 71.8 Å². The SMILES string of the molecule is O=C(Nc1ccccc1)c1cc2ccccc2c(C(=O)O)c1O. The van der Waals surface area contributed by atoms with E-state index in [9.17, 15) is 19.8 Å². The largest absolute Gasteiger partial charge is 0.506 e. The lowest BCUT2D eigenvalue weighted by Gasteiger charge is -2.11. The summed E-state index contributed by atoms with van der Waals surface area (Å²) in [5, 5.41) is 23.2. The third-order valence-electron chi connectivity index (χ3n) is 3.51. The number of hydrogen-bond donors (Lipinski definition) is 3. The number of phenols is 1. The summed E-state index contributed by atoms with van der Waals surface area (Å²) in [5.74, 6) is -2.39. The lowest BCUT2D eigenvalue weighted by atomic mass is 9.99. The second-order valence-electron chi connectivity index (χ2n) is 4.99. The number of carboxylic acids is 1. The van der Waals surface area contributed by atoms with Gasteiger partial charge in [-0.25, -0.2) is 4.79 Å². The highest BCUT2D eigenvalue weighted by Gasteiger charge is 2.22. The molecule has 0 unspecified atom stereocenters. The van der Waals surface area contributed by atoms with Crippen molar-refractivity contribution >= 4 is 28.3 Å². The number of aromatic hydroxyl groups is 1. The Kier molecular flexibility index (Phi) is 3.68. The maximum atomic E-state index is 12.4. The van der Waals surface area contributed by atoms with Gasteiger partial charge >= 0.3 is 5.97 Å². The first-order valence-electron chi connectivity index (χ1n) is 6.92. The molecule has 0 aliphatic carbocycles. The summed E-state index contributed by atoms with van der Waals surface area (Å²) >= 11 is 0. The van der Waals surface area contributed by atoms with Crippen molar-refractivity contribution in [2.24, 2.45) is 0 Å². The molecule has 0 bridgehead atoms. The Morgan fingerprint density at radius 2 is 1.57 bits per heavy atom. The molecule has 3 N–H and O–H groups in total. The van der Waals surface area contributed by atoms with Crippen molar-refractivity contribution in [1.82, 2.24) is 0 Å². The molecule has 23 heavy (non-hydrogen) atoms. The van der Waals surface area contributed by atoms with Gasteiger partial charge in [-0.15, -0.1) is 0 Å². The molecule has 5 nitrogen and oxygen atoms in total. The summed E-state index contributed by atoms with van der Waals surface area (Å²) in [6, 6.07) is 16.9. The van der Waals surface area contributed by atoms with E-state index < -0.39 is 17.6 Å². The number of benzene rings is 3. The molecular weight excluding hydrogens is 294 g/mol. The quantitative estimate of drug-likeness (QED) is 0.691. The Morgan fingerprint density at radius 1 is 0.913 bits per heavy atom. The third-order valence-corrected chi connectivity index (χ3v) is 3.51. The van der Waals surface area contributed by atoms with Crippen molar-refractivity contribution in [2.75, 3.05) is 5.32 Å². The predicted molar refractivity (Wildman–Crippen MR) is 87.0 cm³/mol. The molecule has 114 valence electrons. The Bertz CT molecular complexity index is 904. The molecule has 0 aromatic heterocycles. The molecule has 3 rings (SSSR count). The normalized spacial score (nSPS) is 10.4. The fourth-order valence-corrected chi connectivity index (χ4v) is 2.45. The number of amides is 1. The molecule has 0 radical (unpaired) electrons. The zero-order valence-corrected chi connectivity index (χ0v) is 12.0. The van der Waals surface area contributed by atoms with Crippen LogP contribution in [0, 0.1) is 0 Å². The van der Waals surface area contributed by atoms with Crippen LogP contribution in [0.2, 0.25) is 0 Å². The average molecular weight is 307 g/mol. The summed E-state index contributed by atoms with van der Waals surface area (Å²) in [4.78, 5) is 23.9. The number of nitrogens with one attached hydrogen (secondary N) is 1. The first kappa shape index (κ1) is 14.6. The maximum Gasteiger partial charge on any atom is 0.340 e. The molecule has 0 saturated heterocycles. The lowest BCUT2D eigenvalue weighted by molar-refractivity contribution is 0.0696. The van der Waals surface area contributed by atoms with Crippen molar-refractivity contribution in [2.45, 2.75) is 0 Å². The predicted octanol–water partition coefficient (Wildman–Crippen LogP) is 3.50. The van der Waals surface area contributed by atoms with Crippen molar-refractivity contribution < 1.29 is 19.8 Å². The van der Waals surface area contributed by atoms with Crippen LogP contribution >= 0.6 is 0 Å². The highest BCUT2D eigenvalue weighted by Crippen LogP contribution is 2.31. The number of hydrogen-bond acceptors (Lipinski definition) is 3. The number of aromatic carboxylic acids is 1. The monoisotopic (exact) mass is 307 g/mol. The Labute approximate surface area is 131 Å². The Hall–Kier alpha value is -3.34. The van der Waals surface area contributed by atoms with Gasteiger partial charge in [0.05, 0.1) is 5.56 Å². The van der Waals surface area contributed by atoms with Gasteiger partial charge in [-0.1, -0.05) is 42.5 Å². The molecule has 0 fully saturated rings. The first-order chi connectivity index (χ1) is 11.1. The van der Waals surface area contributed by atoms with Gasteiger partial charge in [0.15, 0.2) is 0 Å². The highest BCUT2D eigenvalue weighted by molar-refractivity contribution is 6.14. The Balaban J connectivity index is 2.12. The average Bonchev–Trinajstić information content (AvgIpc) is 2.54. The van der Waals surface area contributed by atoms with Crippen LogP contribution in [0.25, 0.3) is 10.8 Å². The molecule has 3 aromatic carbocycles. The fraction of sp³-hybridized carbons (Fsp3) is 0. The number of carbonyl (C=O) groups excluding carboxylic acids is 1. The molecule has 3 aromatic rings. The fourth-order valence-electron chi connectivity index (χ4n) is 2.45. The lowest BCUT2D eigenvalue weighted by Crippen LogP contribution is -2.13. The summed E-state index contributed by atoms with van der Waals surface area (Å²) in [6.45, 7) is 0. The van der Waals surface area contributed by atoms with Crippen LogP contribution in [-0.2, 0) is 0 Å². The summed E-state index contributed by atoms with van der Waals surface area (Å²) in [7, 11) is 0. The van der Waals surface area contributed by atoms with E-state index in [2.05, 4.69) is 5.32 Å². The number of carbonyl (C=O) groups is 2. The molecule has 0 saturated carbocycles. The van der Waals surface area contributed by atoms with E-state index in [0.717, 1.165) is 0 Å². The smallest absolute Gasteiger partial charge is 0.340 e. The number of para-hydroxylation sites is 1. The van der Waals surface area contributed by atoms with Crippen LogP contribution in [0.1, 0.15) is 20.7 Å². The number of rotatable bonds is 3. The molecule has 0 aliphatic rings. The topological polar surface area (TPSA) is 86.6 Å². The first-order valence-corrected chi connectivity index (χ1v) is 6.92. The molecule has 0 aliphatic heterocycles. The van der Waals surface area contributed by atoms with Gasteiger partial charge in [0, 0.05) is 5.69 Å². The van der Waals surface area contributed by atoms with Crippen LogP contribution in [0.4, 0.5) is 5.69 Å². The zero-order chi connectivity index (χ0) is 16.4. The van der Waals surface area contributed by atoms with Crippen LogP contribution in [0.5, 0.6) is 5.75 Å². The number of anilines is 1. The van der Waals surface area contributed by atoms with Gasteiger partial charge in [-0.05, 0) is 29.0 Å². The van der Waals surface area contributed by atoms with E-state index in [1.807, 2.05) is 6.07 Å². The number of fused-ring (bicyclic) bond motifs is 1. The summed E-state index contributed by atoms with van der Waals surface area (Å²) < 4.78 is 0.